The van der Waals surface area contributed by atoms with Crippen LogP contribution in [0.25, 0.3) is 0 Å². The van der Waals surface area contributed by atoms with Gasteiger partial charge >= 0.3 is 5.97 Å². The quantitative estimate of drug-likeness (QED) is 0.569. The highest BCUT2D eigenvalue weighted by Gasteiger charge is 2.18. The first-order valence-electron chi connectivity index (χ1n) is 6.25. The van der Waals surface area contributed by atoms with E-state index in [1.54, 1.807) is 0 Å². The first-order chi connectivity index (χ1) is 7.97. The van der Waals surface area contributed by atoms with Gasteiger partial charge in [0.1, 0.15) is 6.04 Å². The first-order valence-corrected chi connectivity index (χ1v) is 6.25. The summed E-state index contributed by atoms with van der Waals surface area (Å²) in [6, 6.07) is -0.670. The molecule has 0 aromatic heterocycles. The molecule has 0 aliphatic rings. The summed E-state index contributed by atoms with van der Waals surface area (Å²) >= 11 is 0. The van der Waals surface area contributed by atoms with Crippen molar-refractivity contribution in [1.82, 2.24) is 5.32 Å². The minimum absolute atomic E-state index is 0.0816. The molecule has 0 aliphatic heterocycles. The molecule has 0 aliphatic carbocycles. The Morgan fingerprint density at radius 1 is 1.29 bits per heavy atom. The average molecular weight is 244 g/mol. The van der Waals surface area contributed by atoms with Crippen LogP contribution in [0, 0.1) is 0 Å². The zero-order chi connectivity index (χ0) is 13.3. The molecule has 1 amide bonds. The number of hydrogen-bond donors (Lipinski definition) is 3. The van der Waals surface area contributed by atoms with Crippen molar-refractivity contribution in [2.45, 2.75) is 64.5 Å². The molecule has 0 heterocycles. The molecule has 5 nitrogen and oxygen atoms in total. The Balaban J connectivity index is 3.91. The van der Waals surface area contributed by atoms with Gasteiger partial charge in [0.2, 0.25) is 5.91 Å². The van der Waals surface area contributed by atoms with Crippen LogP contribution < -0.4 is 11.1 Å². The van der Waals surface area contributed by atoms with Gasteiger partial charge in [0, 0.05) is 12.5 Å². The second-order valence-electron chi connectivity index (χ2n) is 4.47. The Morgan fingerprint density at radius 3 is 2.41 bits per heavy atom. The van der Waals surface area contributed by atoms with Crippen molar-refractivity contribution in [3.8, 4) is 0 Å². The van der Waals surface area contributed by atoms with Gasteiger partial charge < -0.3 is 16.2 Å². The average Bonchev–Trinajstić information content (AvgIpc) is 2.23. The van der Waals surface area contributed by atoms with E-state index in [0.29, 0.717) is 19.3 Å². The van der Waals surface area contributed by atoms with Crippen LogP contribution in [0.3, 0.4) is 0 Å². The molecule has 0 saturated carbocycles. The number of carboxylic acid groups (broad SMARTS) is 1. The number of amides is 1. The molecule has 17 heavy (non-hydrogen) atoms. The molecule has 100 valence electrons. The van der Waals surface area contributed by atoms with E-state index in [2.05, 4.69) is 5.32 Å². The van der Waals surface area contributed by atoms with E-state index < -0.39 is 12.0 Å². The van der Waals surface area contributed by atoms with Crippen molar-refractivity contribution in [3.63, 3.8) is 0 Å². The molecule has 0 spiro atoms. The number of aliphatic carboxylic acids is 1. The third kappa shape index (κ3) is 8.68. The highest BCUT2D eigenvalue weighted by Crippen LogP contribution is 2.03. The summed E-state index contributed by atoms with van der Waals surface area (Å²) in [5.41, 5.74) is 5.57. The number of unbranched alkanes of at least 4 members (excludes halogenated alkanes) is 1. The molecule has 0 radical (unpaired) electrons. The standard InChI is InChI=1S/C12H24N2O3/c1-3-4-7-10(12(16)17)14-11(15)8-5-6-9(2)13/h9-10H,3-8,13H2,1-2H3,(H,14,15)(H,16,17). The van der Waals surface area contributed by atoms with Crippen molar-refractivity contribution in [2.24, 2.45) is 5.73 Å². The number of nitrogens with one attached hydrogen (secondary N) is 1. The lowest BCUT2D eigenvalue weighted by Gasteiger charge is -2.14. The monoisotopic (exact) mass is 244 g/mol. The predicted octanol–water partition coefficient (Wildman–Crippen LogP) is 1.26. The van der Waals surface area contributed by atoms with Crippen LogP contribution in [0.2, 0.25) is 0 Å². The Hall–Kier alpha value is -1.10. The molecule has 0 rings (SSSR count). The van der Waals surface area contributed by atoms with Crippen molar-refractivity contribution in [3.05, 3.63) is 0 Å². The van der Waals surface area contributed by atoms with E-state index in [-0.39, 0.29) is 11.9 Å². The molecule has 0 fully saturated rings. The molecule has 2 unspecified atom stereocenters. The van der Waals surface area contributed by atoms with Crippen LogP contribution in [0.4, 0.5) is 0 Å². The molecule has 5 heteroatoms. The van der Waals surface area contributed by atoms with Gasteiger partial charge in [0.15, 0.2) is 0 Å². The van der Waals surface area contributed by atoms with Gasteiger partial charge in [-0.3, -0.25) is 4.79 Å². The minimum atomic E-state index is -0.959. The lowest BCUT2D eigenvalue weighted by molar-refractivity contribution is -0.142. The van der Waals surface area contributed by atoms with Gasteiger partial charge in [0.25, 0.3) is 0 Å². The summed E-state index contributed by atoms with van der Waals surface area (Å²) in [6.07, 6.45) is 4.04. The summed E-state index contributed by atoms with van der Waals surface area (Å²) in [5.74, 6) is -1.16. The molecular formula is C12H24N2O3. The fourth-order valence-electron chi connectivity index (χ4n) is 1.52. The third-order valence-corrected chi connectivity index (χ3v) is 2.54. The van der Waals surface area contributed by atoms with Crippen molar-refractivity contribution >= 4 is 11.9 Å². The van der Waals surface area contributed by atoms with Crippen LogP contribution in [-0.4, -0.2) is 29.1 Å². The topological polar surface area (TPSA) is 92.4 Å². The number of carbonyl (C=O) groups excluding carboxylic acids is 1. The Bertz CT molecular complexity index is 242. The van der Waals surface area contributed by atoms with Gasteiger partial charge in [-0.1, -0.05) is 19.8 Å². The fourth-order valence-corrected chi connectivity index (χ4v) is 1.52. The van der Waals surface area contributed by atoms with E-state index in [0.717, 1.165) is 19.3 Å². The highest BCUT2D eigenvalue weighted by atomic mass is 16.4. The van der Waals surface area contributed by atoms with Gasteiger partial charge in [0.05, 0.1) is 0 Å². The Kier molecular flexibility index (Phi) is 8.40. The Morgan fingerprint density at radius 2 is 1.94 bits per heavy atom. The summed E-state index contributed by atoms with van der Waals surface area (Å²) in [5, 5.41) is 11.5. The number of rotatable bonds is 9. The maximum atomic E-state index is 11.5. The normalized spacial score (nSPS) is 14.1. The molecular weight excluding hydrogens is 220 g/mol. The zero-order valence-electron chi connectivity index (χ0n) is 10.7. The van der Waals surface area contributed by atoms with Gasteiger partial charge in [-0.2, -0.15) is 0 Å². The van der Waals surface area contributed by atoms with Gasteiger partial charge in [-0.05, 0) is 26.2 Å². The van der Waals surface area contributed by atoms with E-state index >= 15 is 0 Å². The minimum Gasteiger partial charge on any atom is -0.480 e. The zero-order valence-corrected chi connectivity index (χ0v) is 10.7. The van der Waals surface area contributed by atoms with Crippen LogP contribution in [0.5, 0.6) is 0 Å². The lowest BCUT2D eigenvalue weighted by atomic mass is 10.1. The largest absolute Gasteiger partial charge is 0.480 e. The van der Waals surface area contributed by atoms with Crippen LogP contribution >= 0.6 is 0 Å². The molecule has 0 saturated heterocycles. The van der Waals surface area contributed by atoms with E-state index in [9.17, 15) is 9.59 Å². The third-order valence-electron chi connectivity index (χ3n) is 2.54. The van der Waals surface area contributed by atoms with Crippen molar-refractivity contribution < 1.29 is 14.7 Å². The smallest absolute Gasteiger partial charge is 0.326 e. The second kappa shape index (κ2) is 8.98. The number of carboxylic acids is 1. The van der Waals surface area contributed by atoms with E-state index in [4.69, 9.17) is 10.8 Å². The fraction of sp³-hybridized carbons (Fsp3) is 0.833. The molecule has 0 bridgehead atoms. The molecule has 4 N–H and O–H groups in total. The number of hydrogen-bond acceptors (Lipinski definition) is 3. The van der Waals surface area contributed by atoms with Crippen LogP contribution in [0.15, 0.2) is 0 Å². The first kappa shape index (κ1) is 15.9. The number of nitrogens with two attached hydrogens (primary N) is 1. The maximum Gasteiger partial charge on any atom is 0.326 e. The van der Waals surface area contributed by atoms with Crippen molar-refractivity contribution in [2.75, 3.05) is 0 Å². The van der Waals surface area contributed by atoms with Gasteiger partial charge in [-0.15, -0.1) is 0 Å². The summed E-state index contributed by atoms with van der Waals surface area (Å²) in [6.45, 7) is 3.88. The maximum absolute atomic E-state index is 11.5. The summed E-state index contributed by atoms with van der Waals surface area (Å²) < 4.78 is 0. The van der Waals surface area contributed by atoms with E-state index in [1.165, 1.54) is 0 Å². The molecule has 0 aromatic rings. The number of carbonyl (C=O) groups is 2. The SMILES string of the molecule is CCCCC(NC(=O)CCCC(C)N)C(=O)O. The highest BCUT2D eigenvalue weighted by molar-refractivity contribution is 5.83. The summed E-state index contributed by atoms with van der Waals surface area (Å²) in [7, 11) is 0. The molecule has 0 aromatic carbocycles. The van der Waals surface area contributed by atoms with Crippen LogP contribution in [-0.2, 0) is 9.59 Å². The lowest BCUT2D eigenvalue weighted by Crippen LogP contribution is -2.40. The Labute approximate surface area is 103 Å². The van der Waals surface area contributed by atoms with Gasteiger partial charge in [-0.25, -0.2) is 4.79 Å². The summed E-state index contributed by atoms with van der Waals surface area (Å²) in [4.78, 5) is 22.4. The predicted molar refractivity (Wildman–Crippen MR) is 66.6 cm³/mol. The molecule has 2 atom stereocenters. The van der Waals surface area contributed by atoms with Crippen molar-refractivity contribution in [1.29, 1.82) is 0 Å². The van der Waals surface area contributed by atoms with Crippen LogP contribution in [0.1, 0.15) is 52.4 Å². The van der Waals surface area contributed by atoms with E-state index in [1.807, 2.05) is 13.8 Å². The second-order valence-corrected chi connectivity index (χ2v) is 4.47.